The summed E-state index contributed by atoms with van der Waals surface area (Å²) >= 11 is 0. The molecule has 2 saturated heterocycles. The van der Waals surface area contributed by atoms with E-state index in [1.165, 1.54) is 18.7 Å². The standard InChI is InChI=1S/C19H22N6/c1-13(2)23-10-17-9-16(23)11-24(17)15-5-3-14(4-6-15)18-19-21-12-22-25(19)8-7-20-18/h3-8,12-13,16-17H,9-11H2,1-2H3/t16-,17-/m0/s1. The van der Waals surface area contributed by atoms with Crippen LogP contribution in [0.15, 0.2) is 43.0 Å². The van der Waals surface area contributed by atoms with Gasteiger partial charge in [-0.25, -0.2) is 9.50 Å². The third kappa shape index (κ3) is 2.32. The number of likely N-dealkylation sites (tertiary alicyclic amines) is 1. The van der Waals surface area contributed by atoms with Gasteiger partial charge in [0, 0.05) is 54.9 Å². The van der Waals surface area contributed by atoms with Crippen LogP contribution in [0.4, 0.5) is 5.69 Å². The minimum absolute atomic E-state index is 0.647. The van der Waals surface area contributed by atoms with Gasteiger partial charge in [0.15, 0.2) is 5.65 Å². The maximum absolute atomic E-state index is 4.50. The molecule has 0 spiro atoms. The number of fused-ring (bicyclic) bond motifs is 3. The maximum Gasteiger partial charge on any atom is 0.181 e. The fourth-order valence-corrected chi connectivity index (χ4v) is 4.42. The Kier molecular flexibility index (Phi) is 3.28. The fourth-order valence-electron chi connectivity index (χ4n) is 4.42. The van der Waals surface area contributed by atoms with Crippen LogP contribution in [0.5, 0.6) is 0 Å². The maximum atomic E-state index is 4.50. The molecule has 2 fully saturated rings. The van der Waals surface area contributed by atoms with Crippen molar-refractivity contribution >= 4 is 11.3 Å². The molecule has 0 unspecified atom stereocenters. The second-order valence-electron chi connectivity index (χ2n) is 7.34. The predicted octanol–water partition coefficient (Wildman–Crippen LogP) is 2.46. The van der Waals surface area contributed by atoms with Crippen LogP contribution in [0.1, 0.15) is 20.3 Å². The first-order valence-electron chi connectivity index (χ1n) is 8.98. The van der Waals surface area contributed by atoms with E-state index in [1.807, 2.05) is 6.20 Å². The Bertz CT molecular complexity index is 900. The third-order valence-corrected chi connectivity index (χ3v) is 5.62. The van der Waals surface area contributed by atoms with Gasteiger partial charge in [-0.2, -0.15) is 5.10 Å². The van der Waals surface area contributed by atoms with Crippen molar-refractivity contribution < 1.29 is 0 Å². The quantitative estimate of drug-likeness (QED) is 0.736. The average Bonchev–Trinajstić information content (AvgIpc) is 3.36. The van der Waals surface area contributed by atoms with E-state index in [9.17, 15) is 0 Å². The number of hydrogen-bond donors (Lipinski definition) is 0. The van der Waals surface area contributed by atoms with Gasteiger partial charge in [-0.3, -0.25) is 9.88 Å². The molecule has 2 aromatic heterocycles. The molecule has 0 aliphatic carbocycles. The molecule has 25 heavy (non-hydrogen) atoms. The molecule has 2 aliphatic heterocycles. The summed E-state index contributed by atoms with van der Waals surface area (Å²) in [5.41, 5.74) is 4.06. The number of piperazine rings is 1. The van der Waals surface area contributed by atoms with Gasteiger partial charge < -0.3 is 4.90 Å². The number of benzene rings is 1. The highest BCUT2D eigenvalue weighted by Crippen LogP contribution is 2.36. The minimum atomic E-state index is 0.647. The number of rotatable bonds is 3. The van der Waals surface area contributed by atoms with E-state index in [0.29, 0.717) is 18.1 Å². The third-order valence-electron chi connectivity index (χ3n) is 5.62. The lowest BCUT2D eigenvalue weighted by Gasteiger charge is -2.37. The van der Waals surface area contributed by atoms with E-state index in [1.54, 1.807) is 17.0 Å². The first-order valence-corrected chi connectivity index (χ1v) is 8.98. The summed E-state index contributed by atoms with van der Waals surface area (Å²) in [6.07, 6.45) is 6.45. The summed E-state index contributed by atoms with van der Waals surface area (Å²) in [5, 5.41) is 4.19. The zero-order valence-electron chi connectivity index (χ0n) is 14.6. The van der Waals surface area contributed by atoms with Crippen LogP contribution in [-0.2, 0) is 0 Å². The van der Waals surface area contributed by atoms with Crippen molar-refractivity contribution in [3.63, 3.8) is 0 Å². The zero-order valence-corrected chi connectivity index (χ0v) is 14.6. The molecule has 1 aromatic carbocycles. The Balaban J connectivity index is 1.41. The van der Waals surface area contributed by atoms with Gasteiger partial charge in [0.05, 0.1) is 0 Å². The normalized spacial score (nSPS) is 23.2. The van der Waals surface area contributed by atoms with Crippen LogP contribution >= 0.6 is 0 Å². The molecule has 128 valence electrons. The van der Waals surface area contributed by atoms with Gasteiger partial charge in [0.1, 0.15) is 12.0 Å². The molecule has 3 aromatic rings. The van der Waals surface area contributed by atoms with Crippen molar-refractivity contribution in [1.29, 1.82) is 0 Å². The van der Waals surface area contributed by atoms with Gasteiger partial charge in [-0.05, 0) is 32.4 Å². The second-order valence-corrected chi connectivity index (χ2v) is 7.34. The van der Waals surface area contributed by atoms with E-state index >= 15 is 0 Å². The van der Waals surface area contributed by atoms with Crippen LogP contribution in [0.25, 0.3) is 16.9 Å². The van der Waals surface area contributed by atoms with Crippen LogP contribution < -0.4 is 4.90 Å². The molecule has 6 heteroatoms. The van der Waals surface area contributed by atoms with Crippen LogP contribution in [0.3, 0.4) is 0 Å². The Morgan fingerprint density at radius 1 is 1.04 bits per heavy atom. The molecule has 2 bridgehead atoms. The summed E-state index contributed by atoms with van der Waals surface area (Å²) in [6.45, 7) is 6.93. The first kappa shape index (κ1) is 14.8. The lowest BCUT2D eigenvalue weighted by Crippen LogP contribution is -2.48. The minimum Gasteiger partial charge on any atom is -0.366 e. The smallest absolute Gasteiger partial charge is 0.181 e. The predicted molar refractivity (Wildman–Crippen MR) is 97.6 cm³/mol. The Morgan fingerprint density at radius 3 is 2.60 bits per heavy atom. The van der Waals surface area contributed by atoms with Gasteiger partial charge in [0.2, 0.25) is 0 Å². The Labute approximate surface area is 147 Å². The summed E-state index contributed by atoms with van der Waals surface area (Å²) in [4.78, 5) is 14.0. The summed E-state index contributed by atoms with van der Waals surface area (Å²) < 4.78 is 1.76. The van der Waals surface area contributed by atoms with Crippen LogP contribution in [-0.4, -0.2) is 55.7 Å². The molecule has 4 heterocycles. The van der Waals surface area contributed by atoms with Gasteiger partial charge in [-0.1, -0.05) is 12.1 Å². The van der Waals surface area contributed by atoms with Crippen molar-refractivity contribution in [2.24, 2.45) is 0 Å². The molecule has 0 amide bonds. The fraction of sp³-hybridized carbons (Fsp3) is 0.421. The topological polar surface area (TPSA) is 49.6 Å². The molecule has 2 atom stereocenters. The van der Waals surface area contributed by atoms with E-state index in [2.05, 4.69) is 63.0 Å². The highest BCUT2D eigenvalue weighted by atomic mass is 15.4. The summed E-state index contributed by atoms with van der Waals surface area (Å²) in [7, 11) is 0. The average molecular weight is 334 g/mol. The molecular formula is C19H22N6. The number of nitrogens with zero attached hydrogens (tertiary/aromatic N) is 6. The zero-order chi connectivity index (χ0) is 17.0. The Morgan fingerprint density at radius 2 is 1.88 bits per heavy atom. The van der Waals surface area contributed by atoms with Gasteiger partial charge in [0.25, 0.3) is 0 Å². The second kappa shape index (κ2) is 5.52. The van der Waals surface area contributed by atoms with E-state index in [4.69, 9.17) is 0 Å². The van der Waals surface area contributed by atoms with Crippen molar-refractivity contribution in [3.8, 4) is 11.3 Å². The Hall–Kier alpha value is -2.47. The SMILES string of the molecule is CC(C)N1C[C@@H]2C[C@H]1CN2c1ccc(-c2nccn3ncnc23)cc1. The number of aromatic nitrogens is 4. The van der Waals surface area contributed by atoms with Crippen molar-refractivity contribution in [3.05, 3.63) is 43.0 Å². The summed E-state index contributed by atoms with van der Waals surface area (Å²) in [6, 6.07) is 10.7. The van der Waals surface area contributed by atoms with Crippen molar-refractivity contribution in [2.45, 2.75) is 38.4 Å². The molecule has 0 N–H and O–H groups in total. The van der Waals surface area contributed by atoms with Crippen molar-refractivity contribution in [2.75, 3.05) is 18.0 Å². The molecule has 6 nitrogen and oxygen atoms in total. The largest absolute Gasteiger partial charge is 0.366 e. The van der Waals surface area contributed by atoms with E-state index in [-0.39, 0.29) is 0 Å². The lowest BCUT2D eigenvalue weighted by atomic mass is 10.1. The monoisotopic (exact) mass is 334 g/mol. The van der Waals surface area contributed by atoms with Crippen molar-refractivity contribution in [1.82, 2.24) is 24.5 Å². The molecular weight excluding hydrogens is 312 g/mol. The first-order chi connectivity index (χ1) is 12.2. The van der Waals surface area contributed by atoms with E-state index < -0.39 is 0 Å². The van der Waals surface area contributed by atoms with E-state index in [0.717, 1.165) is 23.4 Å². The molecule has 2 aliphatic rings. The van der Waals surface area contributed by atoms with Crippen LogP contribution in [0, 0.1) is 0 Å². The lowest BCUT2D eigenvalue weighted by molar-refractivity contribution is 0.191. The highest BCUT2D eigenvalue weighted by molar-refractivity contribution is 5.74. The molecule has 0 radical (unpaired) electrons. The summed E-state index contributed by atoms with van der Waals surface area (Å²) in [5.74, 6) is 0. The highest BCUT2D eigenvalue weighted by Gasteiger charge is 2.43. The molecule has 5 rings (SSSR count). The number of anilines is 1. The molecule has 0 saturated carbocycles. The van der Waals surface area contributed by atoms with Gasteiger partial charge in [-0.15, -0.1) is 0 Å². The van der Waals surface area contributed by atoms with Gasteiger partial charge >= 0.3 is 0 Å². The number of hydrogen-bond acceptors (Lipinski definition) is 5. The van der Waals surface area contributed by atoms with Crippen LogP contribution in [0.2, 0.25) is 0 Å².